The maximum Gasteiger partial charge on any atom is 0.161 e. The van der Waals surface area contributed by atoms with Gasteiger partial charge in [0.2, 0.25) is 0 Å². The highest BCUT2D eigenvalue weighted by Crippen LogP contribution is 2.66. The Labute approximate surface area is 327 Å². The van der Waals surface area contributed by atoms with Crippen molar-refractivity contribution in [2.75, 3.05) is 0 Å². The molecule has 2 fully saturated rings. The van der Waals surface area contributed by atoms with Crippen molar-refractivity contribution >= 4 is 37.2 Å². The maximum atomic E-state index is 5.30. The molecular formula is C52H44N2S. The molecule has 2 saturated carbocycles. The van der Waals surface area contributed by atoms with Crippen LogP contribution in [0.1, 0.15) is 92.4 Å². The number of benzene rings is 5. The smallest absolute Gasteiger partial charge is 0.161 e. The molecule has 0 bridgehead atoms. The van der Waals surface area contributed by atoms with Crippen LogP contribution in [0.15, 0.2) is 139 Å². The first kappa shape index (κ1) is 32.2. The fourth-order valence-electron chi connectivity index (χ4n) is 12.1. The van der Waals surface area contributed by atoms with Gasteiger partial charge in [0.05, 0.1) is 5.69 Å². The van der Waals surface area contributed by atoms with Gasteiger partial charge in [0, 0.05) is 43.3 Å². The normalized spacial score (nSPS) is 21.6. The molecule has 2 atom stereocenters. The quantitative estimate of drug-likeness (QED) is 0.181. The van der Waals surface area contributed by atoms with Crippen LogP contribution >= 0.6 is 11.3 Å². The van der Waals surface area contributed by atoms with Crippen LogP contribution in [-0.4, -0.2) is 9.97 Å². The van der Waals surface area contributed by atoms with Crippen LogP contribution in [0.2, 0.25) is 0 Å². The molecule has 0 saturated heterocycles. The van der Waals surface area contributed by atoms with E-state index in [0.29, 0.717) is 11.8 Å². The average Bonchev–Trinajstić information content (AvgIpc) is 3.85. The Balaban J connectivity index is 0.989. The van der Waals surface area contributed by atoms with Gasteiger partial charge in [-0.05, 0) is 82.2 Å². The van der Waals surface area contributed by atoms with Gasteiger partial charge in [-0.3, -0.25) is 0 Å². The average molecular weight is 729 g/mol. The molecule has 2 heterocycles. The minimum Gasteiger partial charge on any atom is -0.227 e. The Morgan fingerprint density at radius 2 is 1.27 bits per heavy atom. The molecule has 5 aliphatic carbocycles. The standard InChI is InChI=1S/C52H44N2S/c1-4-15-34(16-5-1)48-46-39-18-7-9-22-45(39)55-50(46)54-49(53-48)35-25-23-33(24-26-35)36-19-14-20-38-41-32-43-40(31-44(41)52(47(36)38)29-12-3-13-30-52)37-17-6-8-21-42(37)51(43)27-10-2-11-28-51/h1,4-9,14-26,31-32,40,43H,2-3,10-13,27-30H2. The molecule has 3 heteroatoms. The Hall–Kier alpha value is -5.12. The summed E-state index contributed by atoms with van der Waals surface area (Å²) in [6.07, 6.45) is 18.8. The van der Waals surface area contributed by atoms with Crippen molar-refractivity contribution in [1.29, 1.82) is 0 Å². The number of hydrogen-bond acceptors (Lipinski definition) is 3. The molecular weight excluding hydrogens is 685 g/mol. The van der Waals surface area contributed by atoms with Crippen LogP contribution in [0.25, 0.3) is 59.6 Å². The number of thiophene rings is 1. The van der Waals surface area contributed by atoms with Crippen LogP contribution in [0.4, 0.5) is 0 Å². The van der Waals surface area contributed by atoms with E-state index in [-0.39, 0.29) is 10.8 Å². The molecule has 5 aromatic carbocycles. The predicted molar refractivity (Wildman–Crippen MR) is 229 cm³/mol. The second kappa shape index (κ2) is 12.2. The largest absolute Gasteiger partial charge is 0.227 e. The van der Waals surface area contributed by atoms with E-state index >= 15 is 0 Å². The molecule has 268 valence electrons. The van der Waals surface area contributed by atoms with Gasteiger partial charge in [0.15, 0.2) is 5.82 Å². The van der Waals surface area contributed by atoms with Crippen molar-refractivity contribution in [1.82, 2.24) is 9.97 Å². The topological polar surface area (TPSA) is 25.8 Å². The molecule has 5 aliphatic rings. The van der Waals surface area contributed by atoms with Crippen LogP contribution < -0.4 is 0 Å². The van der Waals surface area contributed by atoms with E-state index in [0.717, 1.165) is 32.9 Å². The molecule has 0 radical (unpaired) electrons. The molecule has 12 rings (SSSR count). The van der Waals surface area contributed by atoms with E-state index < -0.39 is 0 Å². The van der Waals surface area contributed by atoms with Gasteiger partial charge >= 0.3 is 0 Å². The van der Waals surface area contributed by atoms with Gasteiger partial charge in [-0.2, -0.15) is 0 Å². The number of rotatable bonds is 3. The SMILES string of the molecule is C1=C2C(=CC3c4ccccc4C4(CCCCC4)C13)C1(CCCCC1)c1c2cccc1-c1ccc(-c2nc(-c3ccccc3)c3c(n2)sc2ccccc23)cc1. The van der Waals surface area contributed by atoms with Crippen molar-refractivity contribution in [2.24, 2.45) is 5.92 Å². The van der Waals surface area contributed by atoms with Crippen molar-refractivity contribution < 1.29 is 0 Å². The first-order valence-corrected chi connectivity index (χ1v) is 21.6. The zero-order chi connectivity index (χ0) is 36.1. The third kappa shape index (κ3) is 4.60. The lowest BCUT2D eigenvalue weighted by molar-refractivity contribution is 0.232. The first-order valence-electron chi connectivity index (χ1n) is 20.8. The van der Waals surface area contributed by atoms with Crippen LogP contribution in [0.5, 0.6) is 0 Å². The van der Waals surface area contributed by atoms with E-state index in [1.807, 2.05) is 0 Å². The third-order valence-corrected chi connectivity index (χ3v) is 15.5. The van der Waals surface area contributed by atoms with E-state index in [2.05, 4.69) is 133 Å². The van der Waals surface area contributed by atoms with Crippen LogP contribution in [0, 0.1) is 5.92 Å². The number of fused-ring (bicyclic) bond motifs is 13. The van der Waals surface area contributed by atoms with Gasteiger partial charge in [0.25, 0.3) is 0 Å². The molecule has 2 spiro atoms. The highest BCUT2D eigenvalue weighted by Gasteiger charge is 2.55. The molecule has 2 aromatic heterocycles. The lowest BCUT2D eigenvalue weighted by atomic mass is 9.60. The molecule has 0 N–H and O–H groups in total. The summed E-state index contributed by atoms with van der Waals surface area (Å²) in [5, 5.41) is 2.38. The van der Waals surface area contributed by atoms with Crippen molar-refractivity contribution in [3.05, 3.63) is 161 Å². The van der Waals surface area contributed by atoms with E-state index in [4.69, 9.17) is 9.97 Å². The fourth-order valence-corrected chi connectivity index (χ4v) is 13.2. The zero-order valence-corrected chi connectivity index (χ0v) is 32.0. The Morgan fingerprint density at radius 3 is 2.11 bits per heavy atom. The second-order valence-corrected chi connectivity index (χ2v) is 18.0. The van der Waals surface area contributed by atoms with Gasteiger partial charge in [-0.1, -0.05) is 166 Å². The Morgan fingerprint density at radius 1 is 0.564 bits per heavy atom. The number of allylic oxidation sites excluding steroid dienone is 4. The highest BCUT2D eigenvalue weighted by molar-refractivity contribution is 7.25. The van der Waals surface area contributed by atoms with E-state index in [9.17, 15) is 0 Å². The minimum absolute atomic E-state index is 0.0802. The van der Waals surface area contributed by atoms with Crippen molar-refractivity contribution in [2.45, 2.75) is 81.0 Å². The number of aromatic nitrogens is 2. The van der Waals surface area contributed by atoms with Gasteiger partial charge < -0.3 is 0 Å². The summed E-state index contributed by atoms with van der Waals surface area (Å²) in [4.78, 5) is 11.6. The maximum absolute atomic E-state index is 5.30. The third-order valence-electron chi connectivity index (χ3n) is 14.4. The van der Waals surface area contributed by atoms with Gasteiger partial charge in [0.1, 0.15) is 4.83 Å². The summed E-state index contributed by atoms with van der Waals surface area (Å²) >= 11 is 1.76. The molecule has 2 nitrogen and oxygen atoms in total. The van der Waals surface area contributed by atoms with E-state index in [1.54, 1.807) is 39.2 Å². The zero-order valence-electron chi connectivity index (χ0n) is 31.2. The Kier molecular flexibility index (Phi) is 7.13. The van der Waals surface area contributed by atoms with Crippen LogP contribution in [-0.2, 0) is 10.8 Å². The summed E-state index contributed by atoms with van der Waals surface area (Å²) in [5.74, 6) is 1.83. The monoisotopic (exact) mass is 728 g/mol. The predicted octanol–water partition coefficient (Wildman–Crippen LogP) is 14.0. The summed E-state index contributed by atoms with van der Waals surface area (Å²) in [5.41, 5.74) is 15.8. The summed E-state index contributed by atoms with van der Waals surface area (Å²) < 4.78 is 1.25. The molecule has 2 unspecified atom stereocenters. The van der Waals surface area contributed by atoms with Crippen LogP contribution in [0.3, 0.4) is 0 Å². The molecule has 7 aromatic rings. The lowest BCUT2D eigenvalue weighted by Crippen LogP contribution is -2.36. The summed E-state index contributed by atoms with van der Waals surface area (Å²) in [6, 6.07) is 45.2. The fraction of sp³-hybridized carbons (Fsp3) is 0.269. The summed E-state index contributed by atoms with van der Waals surface area (Å²) in [7, 11) is 0. The minimum atomic E-state index is 0.0802. The first-order chi connectivity index (χ1) is 27.2. The van der Waals surface area contributed by atoms with Crippen molar-refractivity contribution in [3.8, 4) is 33.8 Å². The summed E-state index contributed by atoms with van der Waals surface area (Å²) in [6.45, 7) is 0. The van der Waals surface area contributed by atoms with Gasteiger partial charge in [-0.15, -0.1) is 11.3 Å². The highest BCUT2D eigenvalue weighted by atomic mass is 32.1. The molecule has 0 aliphatic heterocycles. The Bertz CT molecular complexity index is 2720. The molecule has 0 amide bonds. The van der Waals surface area contributed by atoms with E-state index in [1.165, 1.54) is 91.0 Å². The lowest BCUT2D eigenvalue weighted by Gasteiger charge is -2.43. The number of nitrogens with zero attached hydrogens (tertiary/aromatic N) is 2. The molecule has 55 heavy (non-hydrogen) atoms. The number of hydrogen-bond donors (Lipinski definition) is 0. The van der Waals surface area contributed by atoms with Crippen molar-refractivity contribution in [3.63, 3.8) is 0 Å². The van der Waals surface area contributed by atoms with Gasteiger partial charge in [-0.25, -0.2) is 9.97 Å². The second-order valence-electron chi connectivity index (χ2n) is 17.0.